The van der Waals surface area contributed by atoms with Gasteiger partial charge >= 0.3 is 62.0 Å². The van der Waals surface area contributed by atoms with Gasteiger partial charge in [-0.2, -0.15) is 0 Å². The number of nitrogens with one attached hydrogen (secondary N) is 1. The third-order valence-electron chi connectivity index (χ3n) is 11.1. The van der Waals surface area contributed by atoms with Gasteiger partial charge in [0.05, 0.1) is 25.0 Å². The zero-order chi connectivity index (χ0) is 48.1. The van der Waals surface area contributed by atoms with Gasteiger partial charge in [-0.05, 0) is 42.9 Å². The minimum atomic E-state index is -0.675. The summed E-state index contributed by atoms with van der Waals surface area (Å²) in [4.78, 5) is 45.3. The van der Waals surface area contributed by atoms with Gasteiger partial charge in [0.25, 0.3) is 5.91 Å². The quantitative estimate of drug-likeness (QED) is 0.139. The molecule has 0 spiro atoms. The number of hydrogen-bond donors (Lipinski definition) is 2. The molecule has 2 N–H and O–H groups in total. The predicted molar refractivity (Wildman–Crippen MR) is 263 cm³/mol. The summed E-state index contributed by atoms with van der Waals surface area (Å²) in [5.41, 5.74) is 4.88. The van der Waals surface area contributed by atoms with Crippen molar-refractivity contribution in [2.45, 2.75) is 85.2 Å². The number of amides is 1. The number of carboxylic acids is 1. The monoisotopic (exact) mass is 919 g/mol. The van der Waals surface area contributed by atoms with Gasteiger partial charge in [-0.1, -0.05) is 130 Å². The number of carboxylic acid groups (broad SMARTS) is 1. The summed E-state index contributed by atoms with van der Waals surface area (Å²) in [6, 6.07) is 30.3. The molecule has 3 heterocycles. The van der Waals surface area contributed by atoms with Crippen molar-refractivity contribution >= 4 is 51.5 Å². The molecule has 0 aliphatic carbocycles. The van der Waals surface area contributed by atoms with Crippen LogP contribution in [-0.2, 0) is 57.4 Å². The molecule has 3 aliphatic heterocycles. The van der Waals surface area contributed by atoms with Crippen LogP contribution in [-0.4, -0.2) is 117 Å². The van der Waals surface area contributed by atoms with Crippen LogP contribution in [0.2, 0.25) is 20.5 Å². The maximum absolute atomic E-state index is 12.6. The normalized spacial score (nSPS) is 15.6. The molecule has 0 aromatic heterocycles. The summed E-state index contributed by atoms with van der Waals surface area (Å²) in [6.45, 7) is 10.6. The summed E-state index contributed by atoms with van der Waals surface area (Å²) in [7, 11) is 8.74. The fourth-order valence-corrected chi connectivity index (χ4v) is 7.43. The van der Waals surface area contributed by atoms with Crippen LogP contribution < -0.4 is 5.48 Å². The molecule has 6 rings (SSSR count). The number of hydroxylamine groups is 3. The zero-order valence-electron chi connectivity index (χ0n) is 39.9. The topological polar surface area (TPSA) is 199 Å². The maximum Gasteiger partial charge on any atom is 0.309 e. The Balaban J connectivity index is 0. The Bertz CT molecular complexity index is 1610. The van der Waals surface area contributed by atoms with Gasteiger partial charge in [0.2, 0.25) is 0 Å². The van der Waals surface area contributed by atoms with Crippen molar-refractivity contribution < 1.29 is 43.3 Å². The van der Waals surface area contributed by atoms with Gasteiger partial charge < -0.3 is 25.9 Å². The molecular weight excluding hydrogens is 846 g/mol. The van der Waals surface area contributed by atoms with Crippen molar-refractivity contribution in [3.8, 4) is 0 Å². The van der Waals surface area contributed by atoms with E-state index >= 15 is 0 Å². The van der Waals surface area contributed by atoms with E-state index < -0.39 is 11.4 Å². The summed E-state index contributed by atoms with van der Waals surface area (Å²) < 4.78 is 26.4. The Morgan fingerprint density at radius 2 is 0.862 bits per heavy atom. The molecule has 3 fully saturated rings. The zero-order valence-corrected chi connectivity index (χ0v) is 40.7. The molecule has 18 heteroatoms. The predicted octanol–water partition coefficient (Wildman–Crippen LogP) is 8.28. The summed E-state index contributed by atoms with van der Waals surface area (Å²) >= 11 is 0. The Morgan fingerprint density at radius 3 is 1.12 bits per heavy atom. The Kier molecular flexibility index (Phi) is 36.9. The van der Waals surface area contributed by atoms with E-state index in [1.165, 1.54) is 43.8 Å². The van der Waals surface area contributed by atoms with E-state index in [1.54, 1.807) is 28.1 Å². The van der Waals surface area contributed by atoms with Gasteiger partial charge in [-0.3, -0.25) is 19.2 Å². The standard InChI is InChI=1S/C15H21N2O2.C14H18NO.C13H16NO2.C2H7NO.3CH3BO.ClH/c1-17(19-2)14(18)15(8-10-16-11-9-15)12-13-6-4-3-5-7-13;1-12(16)14(7-9-15-10-8-14)11-13-5-3-2-4-6-13;15-12(16)13(6-8-14-9-7-13)10-11-4-2-1-3-5-11;1-3-4-2;3*1-2-3;/h3-7H,8-12H2,1-2H3;2-6H,7-11H2,1H3;1-5H,6-10H2,(H,15,16);3H,1-2H3;3*1H3;1H/q3*-1;;;;;. The second-order valence-electron chi connectivity index (χ2n) is 15.3. The van der Waals surface area contributed by atoms with Crippen LogP contribution in [0, 0.1) is 16.2 Å². The van der Waals surface area contributed by atoms with Gasteiger partial charge in [0, 0.05) is 19.5 Å². The van der Waals surface area contributed by atoms with Crippen LogP contribution in [0.15, 0.2) is 91.0 Å². The number of halogens is 1. The molecular formula is C47H72B3ClN5O9-3. The molecule has 3 saturated heterocycles. The van der Waals surface area contributed by atoms with Gasteiger partial charge in [-0.15, -0.1) is 51.7 Å². The molecule has 3 aliphatic rings. The first-order valence-corrected chi connectivity index (χ1v) is 21.8. The fourth-order valence-electron chi connectivity index (χ4n) is 7.43. The number of aliphatic carboxylic acids is 1. The van der Waals surface area contributed by atoms with Crippen molar-refractivity contribution in [1.82, 2.24) is 10.5 Å². The summed E-state index contributed by atoms with van der Waals surface area (Å²) in [5.74, 6) is -0.286. The molecule has 0 atom stereocenters. The minimum absolute atomic E-state index is 0. The van der Waals surface area contributed by atoms with Crippen LogP contribution in [0.1, 0.15) is 62.1 Å². The van der Waals surface area contributed by atoms with Crippen LogP contribution >= 0.6 is 12.4 Å². The van der Waals surface area contributed by atoms with Crippen LogP contribution in [0.3, 0.4) is 0 Å². The minimum Gasteiger partial charge on any atom is -0.662 e. The van der Waals surface area contributed by atoms with E-state index in [9.17, 15) is 19.5 Å². The molecule has 65 heavy (non-hydrogen) atoms. The number of rotatable bonds is 11. The number of carbonyl (C=O) groups excluding carboxylic acids is 2. The Morgan fingerprint density at radius 1 is 0.600 bits per heavy atom. The number of nitrogens with zero attached hydrogens (tertiary/aromatic N) is 4. The van der Waals surface area contributed by atoms with Crippen molar-refractivity contribution in [2.75, 3.05) is 67.6 Å². The average Bonchev–Trinajstić information content (AvgIpc) is 3.31. The van der Waals surface area contributed by atoms with Crippen LogP contribution in [0.25, 0.3) is 16.0 Å². The molecule has 0 unspecified atom stereocenters. The van der Waals surface area contributed by atoms with Crippen molar-refractivity contribution in [3.05, 3.63) is 124 Å². The van der Waals surface area contributed by atoms with E-state index in [0.717, 1.165) is 91.7 Å². The second kappa shape index (κ2) is 38.1. The Hall–Kier alpha value is -4.09. The van der Waals surface area contributed by atoms with Gasteiger partial charge in [0.15, 0.2) is 0 Å². The summed E-state index contributed by atoms with van der Waals surface area (Å²) in [6.07, 6.45) is 7.01. The van der Waals surface area contributed by atoms with E-state index in [1.807, 2.05) is 66.7 Å². The molecule has 14 nitrogen and oxygen atoms in total. The number of benzene rings is 3. The number of carbonyl (C=O) groups is 3. The number of ketones is 1. The van der Waals surface area contributed by atoms with Crippen LogP contribution in [0.5, 0.6) is 0 Å². The SMILES string of the molecule is CB=O.CB=O.CB=O.CC(=O)C1(Cc2ccccc2)CC[N-]CC1.CNOC.CON(C)C(=O)C1(Cc2ccccc2)CC[N-]CC1.Cl.O=C(O)C1(Cc2ccccc2)CC[N-]CC1. The third-order valence-corrected chi connectivity index (χ3v) is 11.1. The fraction of sp³-hybridized carbons (Fsp3) is 0.553. The van der Waals surface area contributed by atoms with E-state index in [-0.39, 0.29) is 29.1 Å². The molecule has 0 bridgehead atoms. The Labute approximate surface area is 396 Å². The smallest absolute Gasteiger partial charge is 0.309 e. The third kappa shape index (κ3) is 24.9. The van der Waals surface area contributed by atoms with Gasteiger partial charge in [-0.25, -0.2) is 10.5 Å². The van der Waals surface area contributed by atoms with Crippen molar-refractivity contribution in [3.63, 3.8) is 0 Å². The molecule has 3 aromatic rings. The first-order valence-electron chi connectivity index (χ1n) is 21.8. The molecule has 358 valence electrons. The largest absolute Gasteiger partial charge is 0.662 e. The number of hydrogen-bond acceptors (Lipinski definition) is 9. The average molecular weight is 919 g/mol. The van der Waals surface area contributed by atoms with Crippen molar-refractivity contribution in [2.24, 2.45) is 16.2 Å². The first-order chi connectivity index (χ1) is 30.8. The van der Waals surface area contributed by atoms with E-state index in [0.29, 0.717) is 38.1 Å². The second-order valence-corrected chi connectivity index (χ2v) is 15.3. The van der Waals surface area contributed by atoms with E-state index in [4.69, 9.17) is 19.0 Å². The first kappa shape index (κ1) is 63.0. The molecule has 3 aromatic carbocycles. The van der Waals surface area contributed by atoms with Crippen molar-refractivity contribution in [1.29, 1.82) is 0 Å². The number of Topliss-reactive ketones (excluding diaryl/α,β-unsaturated/α-hetero) is 1. The maximum atomic E-state index is 12.6. The molecule has 0 radical (unpaired) electrons. The molecule has 1 amide bonds. The summed E-state index contributed by atoms with van der Waals surface area (Å²) in [5, 5.41) is 23.7. The number of piperidine rings is 3. The van der Waals surface area contributed by atoms with E-state index in [2.05, 4.69) is 50.5 Å². The van der Waals surface area contributed by atoms with Crippen LogP contribution in [0.4, 0.5) is 0 Å². The molecule has 0 saturated carbocycles. The van der Waals surface area contributed by atoms with Gasteiger partial charge in [0.1, 0.15) is 5.78 Å².